The van der Waals surface area contributed by atoms with Crippen molar-refractivity contribution in [3.05, 3.63) is 0 Å². The number of hydrogen-bond donors (Lipinski definition) is 2. The topological polar surface area (TPSA) is 84.9 Å². The zero-order valence-corrected chi connectivity index (χ0v) is 9.69. The SMILES string of the molecule is CCO/C=N/C1CCCCC(N)(C(=O)O)C1. The minimum atomic E-state index is -1.12. The Hall–Kier alpha value is -1.10. The standard InChI is InChI=1S/C11H20N2O3/c1-2-16-8-13-9-5-3-4-6-11(12,7-9)10(14)15/h8-9H,2-7,12H2,1H3,(H,14,15)/b13-8+. The molecular weight excluding hydrogens is 208 g/mol. The van der Waals surface area contributed by atoms with Crippen LogP contribution in [0.3, 0.4) is 0 Å². The van der Waals surface area contributed by atoms with E-state index in [0.717, 1.165) is 19.3 Å². The average molecular weight is 228 g/mol. The van der Waals surface area contributed by atoms with E-state index in [1.807, 2.05) is 6.92 Å². The first-order valence-electron chi connectivity index (χ1n) is 5.74. The molecule has 0 aromatic heterocycles. The van der Waals surface area contributed by atoms with E-state index >= 15 is 0 Å². The van der Waals surface area contributed by atoms with Crippen molar-refractivity contribution in [2.45, 2.75) is 50.6 Å². The van der Waals surface area contributed by atoms with Gasteiger partial charge in [0.15, 0.2) is 6.40 Å². The predicted molar refractivity (Wildman–Crippen MR) is 61.5 cm³/mol. The average Bonchev–Trinajstić information content (AvgIpc) is 2.42. The van der Waals surface area contributed by atoms with E-state index in [2.05, 4.69) is 4.99 Å². The molecule has 0 bridgehead atoms. The number of aliphatic carboxylic acids is 1. The molecule has 0 spiro atoms. The summed E-state index contributed by atoms with van der Waals surface area (Å²) in [5.74, 6) is -0.925. The summed E-state index contributed by atoms with van der Waals surface area (Å²) in [6.07, 6.45) is 5.05. The van der Waals surface area contributed by atoms with E-state index in [1.54, 1.807) is 0 Å². The van der Waals surface area contributed by atoms with Crippen molar-refractivity contribution in [2.24, 2.45) is 10.7 Å². The predicted octanol–water partition coefficient (Wildman–Crippen LogP) is 1.17. The van der Waals surface area contributed by atoms with Crippen molar-refractivity contribution in [3.8, 4) is 0 Å². The molecule has 1 aliphatic rings. The van der Waals surface area contributed by atoms with Crippen molar-refractivity contribution >= 4 is 12.4 Å². The van der Waals surface area contributed by atoms with Crippen LogP contribution in [0.15, 0.2) is 4.99 Å². The van der Waals surface area contributed by atoms with Gasteiger partial charge in [-0.2, -0.15) is 0 Å². The van der Waals surface area contributed by atoms with Crippen LogP contribution < -0.4 is 5.73 Å². The Morgan fingerprint density at radius 3 is 3.06 bits per heavy atom. The van der Waals surface area contributed by atoms with Gasteiger partial charge in [0.05, 0.1) is 12.6 Å². The molecule has 5 nitrogen and oxygen atoms in total. The van der Waals surface area contributed by atoms with Crippen molar-refractivity contribution < 1.29 is 14.6 Å². The first-order valence-corrected chi connectivity index (χ1v) is 5.74. The first-order chi connectivity index (χ1) is 7.58. The highest BCUT2D eigenvalue weighted by Gasteiger charge is 2.37. The summed E-state index contributed by atoms with van der Waals surface area (Å²) >= 11 is 0. The molecule has 2 atom stereocenters. The molecule has 0 radical (unpaired) electrons. The molecule has 0 saturated heterocycles. The molecular formula is C11H20N2O3. The van der Waals surface area contributed by atoms with Gasteiger partial charge in [-0.15, -0.1) is 0 Å². The van der Waals surface area contributed by atoms with Gasteiger partial charge in [0.1, 0.15) is 5.54 Å². The Bertz CT molecular complexity index is 268. The lowest BCUT2D eigenvalue weighted by Gasteiger charge is -2.24. The van der Waals surface area contributed by atoms with E-state index in [1.165, 1.54) is 6.40 Å². The zero-order valence-electron chi connectivity index (χ0n) is 9.69. The molecule has 1 fully saturated rings. The second-order valence-corrected chi connectivity index (χ2v) is 4.27. The molecule has 0 aromatic rings. The molecule has 1 saturated carbocycles. The van der Waals surface area contributed by atoms with Crippen LogP contribution in [0.1, 0.15) is 39.0 Å². The van der Waals surface area contributed by atoms with E-state index in [-0.39, 0.29) is 6.04 Å². The lowest BCUT2D eigenvalue weighted by Crippen LogP contribution is -2.49. The summed E-state index contributed by atoms with van der Waals surface area (Å²) in [6.45, 7) is 2.45. The summed E-state index contributed by atoms with van der Waals surface area (Å²) in [5.41, 5.74) is 4.76. The second-order valence-electron chi connectivity index (χ2n) is 4.27. The maximum atomic E-state index is 11.1. The van der Waals surface area contributed by atoms with Crippen molar-refractivity contribution in [1.29, 1.82) is 0 Å². The molecule has 0 amide bonds. The highest BCUT2D eigenvalue weighted by atomic mass is 16.5. The Morgan fingerprint density at radius 1 is 1.69 bits per heavy atom. The molecule has 0 aromatic carbocycles. The summed E-state index contributed by atoms with van der Waals surface area (Å²) in [6, 6.07) is -0.0323. The Labute approximate surface area is 95.7 Å². The van der Waals surface area contributed by atoms with Gasteiger partial charge in [-0.3, -0.25) is 9.79 Å². The number of aliphatic imine (C=N–C) groups is 1. The number of carboxylic acid groups (broad SMARTS) is 1. The number of carboxylic acids is 1. The van der Waals surface area contributed by atoms with Gasteiger partial charge in [0.2, 0.25) is 0 Å². The van der Waals surface area contributed by atoms with Crippen molar-refractivity contribution in [1.82, 2.24) is 0 Å². The fourth-order valence-corrected chi connectivity index (χ4v) is 1.97. The smallest absolute Gasteiger partial charge is 0.323 e. The van der Waals surface area contributed by atoms with Gasteiger partial charge >= 0.3 is 5.97 Å². The fraction of sp³-hybridized carbons (Fsp3) is 0.818. The first kappa shape index (κ1) is 13.0. The lowest BCUT2D eigenvalue weighted by molar-refractivity contribution is -0.144. The minimum absolute atomic E-state index is 0.0323. The third-order valence-electron chi connectivity index (χ3n) is 2.95. The number of ether oxygens (including phenoxy) is 1. The van der Waals surface area contributed by atoms with Crippen LogP contribution in [-0.2, 0) is 9.53 Å². The molecule has 0 aliphatic heterocycles. The number of nitrogens with zero attached hydrogens (tertiary/aromatic N) is 1. The van der Waals surface area contributed by atoms with E-state index in [9.17, 15) is 4.79 Å². The number of hydrogen-bond acceptors (Lipinski definition) is 4. The lowest BCUT2D eigenvalue weighted by atomic mass is 9.90. The van der Waals surface area contributed by atoms with Gasteiger partial charge < -0.3 is 15.6 Å². The molecule has 92 valence electrons. The van der Waals surface area contributed by atoms with Gasteiger partial charge in [0, 0.05) is 0 Å². The normalized spacial score (nSPS) is 31.2. The Balaban J connectivity index is 2.62. The van der Waals surface area contributed by atoms with Crippen LogP contribution in [0.4, 0.5) is 0 Å². The van der Waals surface area contributed by atoms with Crippen LogP contribution >= 0.6 is 0 Å². The Morgan fingerprint density at radius 2 is 2.44 bits per heavy atom. The number of nitrogens with two attached hydrogens (primary N) is 1. The molecule has 16 heavy (non-hydrogen) atoms. The van der Waals surface area contributed by atoms with Gasteiger partial charge in [0.25, 0.3) is 0 Å². The van der Waals surface area contributed by atoms with Crippen molar-refractivity contribution in [2.75, 3.05) is 6.61 Å². The summed E-state index contributed by atoms with van der Waals surface area (Å²) in [4.78, 5) is 15.3. The number of rotatable bonds is 4. The van der Waals surface area contributed by atoms with E-state index in [0.29, 0.717) is 19.4 Å². The summed E-state index contributed by atoms with van der Waals surface area (Å²) < 4.78 is 5.03. The van der Waals surface area contributed by atoms with Crippen LogP contribution in [0.2, 0.25) is 0 Å². The highest BCUT2D eigenvalue weighted by Crippen LogP contribution is 2.27. The quantitative estimate of drug-likeness (QED) is 0.429. The third-order valence-corrected chi connectivity index (χ3v) is 2.95. The second kappa shape index (κ2) is 5.84. The van der Waals surface area contributed by atoms with E-state index < -0.39 is 11.5 Å². The highest BCUT2D eigenvalue weighted by molar-refractivity contribution is 5.78. The zero-order chi connectivity index (χ0) is 12.0. The largest absolute Gasteiger partial charge is 0.484 e. The van der Waals surface area contributed by atoms with Gasteiger partial charge in [-0.05, 0) is 26.2 Å². The monoisotopic (exact) mass is 228 g/mol. The molecule has 3 N–H and O–H groups in total. The maximum Gasteiger partial charge on any atom is 0.323 e. The molecule has 5 heteroatoms. The van der Waals surface area contributed by atoms with Gasteiger partial charge in [-0.25, -0.2) is 0 Å². The van der Waals surface area contributed by atoms with Crippen LogP contribution in [-0.4, -0.2) is 35.7 Å². The summed E-state index contributed by atoms with van der Waals surface area (Å²) in [7, 11) is 0. The third kappa shape index (κ3) is 3.48. The molecule has 1 aliphatic carbocycles. The fourth-order valence-electron chi connectivity index (χ4n) is 1.97. The molecule has 2 unspecified atom stereocenters. The summed E-state index contributed by atoms with van der Waals surface area (Å²) in [5, 5.41) is 9.10. The van der Waals surface area contributed by atoms with E-state index in [4.69, 9.17) is 15.6 Å². The van der Waals surface area contributed by atoms with Crippen LogP contribution in [0.25, 0.3) is 0 Å². The Kier molecular flexibility index (Phi) is 4.73. The van der Waals surface area contributed by atoms with Crippen LogP contribution in [0, 0.1) is 0 Å². The maximum absolute atomic E-state index is 11.1. The molecule has 1 rings (SSSR count). The minimum Gasteiger partial charge on any atom is -0.484 e. The van der Waals surface area contributed by atoms with Gasteiger partial charge in [-0.1, -0.05) is 12.8 Å². The van der Waals surface area contributed by atoms with Crippen LogP contribution in [0.5, 0.6) is 0 Å². The number of carbonyl (C=O) groups is 1. The molecule has 0 heterocycles. The van der Waals surface area contributed by atoms with Crippen molar-refractivity contribution in [3.63, 3.8) is 0 Å².